The smallest absolute Gasteiger partial charge is 0.262 e. The molecule has 0 unspecified atom stereocenters. The number of carbonyl (C=O) groups excluding carboxylic acids is 2. The molecule has 3 N–H and O–H groups in total. The minimum Gasteiger partial charge on any atom is -0.493 e. The SMILES string of the molecule is Cl.Cl.N[C@H](C(=O)N1C[C@H]2CC(F)(F)CN2C[C@H]1C(=O)N[C@@H]1CCOc2ccccc21)c1ccccc1. The monoisotopic (exact) mass is 542 g/mol. The zero-order valence-corrected chi connectivity index (χ0v) is 21.2. The number of fused-ring (bicyclic) bond motifs is 2. The van der Waals surface area contributed by atoms with Gasteiger partial charge in [-0.25, -0.2) is 8.78 Å². The lowest BCUT2D eigenvalue weighted by atomic mass is 9.98. The highest BCUT2D eigenvalue weighted by molar-refractivity contribution is 5.91. The van der Waals surface area contributed by atoms with Gasteiger partial charge >= 0.3 is 0 Å². The van der Waals surface area contributed by atoms with E-state index in [-0.39, 0.29) is 56.3 Å². The van der Waals surface area contributed by atoms with Crippen molar-refractivity contribution >= 4 is 36.6 Å². The predicted molar refractivity (Wildman–Crippen MR) is 136 cm³/mol. The molecule has 0 saturated carbocycles. The number of carbonyl (C=O) groups is 2. The molecule has 4 atom stereocenters. The molecular weight excluding hydrogens is 513 g/mol. The Hall–Kier alpha value is -2.46. The van der Waals surface area contributed by atoms with Gasteiger partial charge in [-0.2, -0.15) is 0 Å². The van der Waals surface area contributed by atoms with Crippen molar-refractivity contribution in [1.82, 2.24) is 15.1 Å². The Kier molecular flexibility index (Phi) is 8.82. The minimum atomic E-state index is -2.84. The summed E-state index contributed by atoms with van der Waals surface area (Å²) < 4.78 is 34.0. The highest BCUT2D eigenvalue weighted by Crippen LogP contribution is 2.36. The molecule has 0 spiro atoms. The van der Waals surface area contributed by atoms with Crippen LogP contribution in [0.1, 0.15) is 36.1 Å². The van der Waals surface area contributed by atoms with Crippen LogP contribution in [0.2, 0.25) is 0 Å². The summed E-state index contributed by atoms with van der Waals surface area (Å²) in [4.78, 5) is 30.0. The fourth-order valence-corrected chi connectivity index (χ4v) is 5.24. The normalized spacial score (nSPS) is 25.2. The number of nitrogens with zero attached hydrogens (tertiary/aromatic N) is 2. The van der Waals surface area contributed by atoms with Crippen LogP contribution in [0.15, 0.2) is 54.6 Å². The number of ether oxygens (including phenoxy) is 1. The lowest BCUT2D eigenvalue weighted by Crippen LogP contribution is -2.64. The molecule has 2 amide bonds. The Morgan fingerprint density at radius 2 is 1.75 bits per heavy atom. The molecule has 3 aliphatic rings. The third kappa shape index (κ3) is 5.59. The van der Waals surface area contributed by atoms with Crippen LogP contribution in [-0.2, 0) is 9.59 Å². The van der Waals surface area contributed by atoms with Crippen molar-refractivity contribution in [3.05, 3.63) is 65.7 Å². The second-order valence-corrected chi connectivity index (χ2v) is 9.27. The molecule has 2 saturated heterocycles. The Morgan fingerprint density at radius 1 is 1.06 bits per heavy atom. The molecule has 0 aliphatic carbocycles. The van der Waals surface area contributed by atoms with Gasteiger partial charge in [0.05, 0.1) is 19.2 Å². The summed E-state index contributed by atoms with van der Waals surface area (Å²) in [6.07, 6.45) is 0.246. The summed E-state index contributed by atoms with van der Waals surface area (Å²) in [6, 6.07) is 13.7. The highest BCUT2D eigenvalue weighted by atomic mass is 35.5. The van der Waals surface area contributed by atoms with E-state index in [1.807, 2.05) is 30.3 Å². The van der Waals surface area contributed by atoms with Crippen LogP contribution >= 0.6 is 24.8 Å². The highest BCUT2D eigenvalue weighted by Gasteiger charge is 2.51. The van der Waals surface area contributed by atoms with E-state index in [4.69, 9.17) is 10.5 Å². The van der Waals surface area contributed by atoms with Gasteiger partial charge in [0.25, 0.3) is 5.92 Å². The largest absolute Gasteiger partial charge is 0.493 e. The van der Waals surface area contributed by atoms with Gasteiger partial charge in [0.15, 0.2) is 0 Å². The quantitative estimate of drug-likeness (QED) is 0.619. The number of rotatable bonds is 4. The van der Waals surface area contributed by atoms with Crippen LogP contribution in [0.5, 0.6) is 5.75 Å². The molecule has 5 rings (SSSR count). The molecule has 0 aromatic heterocycles. The first kappa shape index (κ1) is 28.1. The molecule has 2 aromatic rings. The maximum Gasteiger partial charge on any atom is 0.262 e. The molecule has 36 heavy (non-hydrogen) atoms. The van der Waals surface area contributed by atoms with Crippen molar-refractivity contribution in [3.63, 3.8) is 0 Å². The molecule has 11 heteroatoms. The van der Waals surface area contributed by atoms with Gasteiger partial charge in [0.2, 0.25) is 11.8 Å². The van der Waals surface area contributed by atoms with E-state index in [0.29, 0.717) is 24.3 Å². The van der Waals surface area contributed by atoms with E-state index in [1.165, 1.54) is 4.90 Å². The third-order valence-corrected chi connectivity index (χ3v) is 6.96. The number of halogens is 4. The minimum absolute atomic E-state index is 0. The summed E-state index contributed by atoms with van der Waals surface area (Å²) in [5, 5.41) is 3.04. The zero-order chi connectivity index (χ0) is 23.9. The molecule has 2 fully saturated rings. The number of hydrogen-bond donors (Lipinski definition) is 2. The maximum atomic E-state index is 14.2. The lowest BCUT2D eigenvalue weighted by Gasteiger charge is -2.43. The van der Waals surface area contributed by atoms with Gasteiger partial charge in [0, 0.05) is 37.5 Å². The second-order valence-electron chi connectivity index (χ2n) is 9.27. The number of alkyl halides is 2. The Morgan fingerprint density at radius 3 is 2.50 bits per heavy atom. The maximum absolute atomic E-state index is 14.2. The van der Waals surface area contributed by atoms with E-state index in [9.17, 15) is 18.4 Å². The fraction of sp³-hybridized carbons (Fsp3) is 0.440. The fourth-order valence-electron chi connectivity index (χ4n) is 5.24. The Labute approximate surface area is 221 Å². The Bertz CT molecular complexity index is 1080. The lowest BCUT2D eigenvalue weighted by molar-refractivity contribution is -0.146. The van der Waals surface area contributed by atoms with E-state index in [2.05, 4.69) is 5.32 Å². The van der Waals surface area contributed by atoms with Gasteiger partial charge in [-0.15, -0.1) is 24.8 Å². The number of nitrogens with one attached hydrogen (secondary N) is 1. The Balaban J connectivity index is 0.00000180. The standard InChI is InChI=1S/C25H28F2N4O3.2ClH/c26-25(27)12-17-13-31(24(33)22(28)16-6-2-1-3-7-16)20(14-30(17)15-25)23(32)29-19-10-11-34-21-9-5-4-8-18(19)21;;/h1-9,17,19-20,22H,10-15,28H2,(H,29,32);2*1H/t17-,19-,20+,22+;;/m1../s1. The van der Waals surface area contributed by atoms with Crippen LogP contribution < -0.4 is 15.8 Å². The zero-order valence-electron chi connectivity index (χ0n) is 19.5. The average Bonchev–Trinajstić information content (AvgIpc) is 3.15. The van der Waals surface area contributed by atoms with Crippen LogP contribution in [0.25, 0.3) is 0 Å². The molecule has 7 nitrogen and oxygen atoms in total. The molecular formula is C25H30Cl2F2N4O3. The molecule has 196 valence electrons. The average molecular weight is 543 g/mol. The summed E-state index contributed by atoms with van der Waals surface area (Å²) in [7, 11) is 0. The molecule has 0 radical (unpaired) electrons. The molecule has 2 aromatic carbocycles. The van der Waals surface area contributed by atoms with Gasteiger partial charge < -0.3 is 20.7 Å². The summed E-state index contributed by atoms with van der Waals surface area (Å²) in [5.74, 6) is -2.94. The van der Waals surface area contributed by atoms with Crippen molar-refractivity contribution in [3.8, 4) is 5.75 Å². The predicted octanol–water partition coefficient (Wildman–Crippen LogP) is 3.09. The van der Waals surface area contributed by atoms with Crippen LogP contribution in [0, 0.1) is 0 Å². The number of piperazine rings is 1. The van der Waals surface area contributed by atoms with E-state index >= 15 is 0 Å². The first-order valence-corrected chi connectivity index (χ1v) is 11.6. The van der Waals surface area contributed by atoms with Gasteiger partial charge in [-0.05, 0) is 11.6 Å². The van der Waals surface area contributed by atoms with Gasteiger partial charge in [0.1, 0.15) is 17.8 Å². The molecule has 3 heterocycles. The van der Waals surface area contributed by atoms with Crippen LogP contribution in [-0.4, -0.2) is 65.9 Å². The van der Waals surface area contributed by atoms with Crippen molar-refractivity contribution in [2.45, 2.75) is 42.9 Å². The van der Waals surface area contributed by atoms with E-state index in [1.54, 1.807) is 29.2 Å². The van der Waals surface area contributed by atoms with Crippen molar-refractivity contribution < 1.29 is 23.1 Å². The summed E-state index contributed by atoms with van der Waals surface area (Å²) in [5.41, 5.74) is 7.75. The van der Waals surface area contributed by atoms with Crippen LogP contribution in [0.4, 0.5) is 8.78 Å². The summed E-state index contributed by atoms with van der Waals surface area (Å²) in [6.45, 7) is 0.129. The number of hydrogen-bond acceptors (Lipinski definition) is 5. The second kappa shape index (κ2) is 11.3. The van der Waals surface area contributed by atoms with E-state index < -0.39 is 36.5 Å². The topological polar surface area (TPSA) is 87.9 Å². The molecule has 3 aliphatic heterocycles. The number of nitrogens with two attached hydrogens (primary N) is 1. The van der Waals surface area contributed by atoms with Crippen LogP contribution in [0.3, 0.4) is 0 Å². The van der Waals surface area contributed by atoms with E-state index in [0.717, 1.165) is 5.56 Å². The number of benzene rings is 2. The van der Waals surface area contributed by atoms with Gasteiger partial charge in [-0.3, -0.25) is 14.5 Å². The number of amides is 2. The van der Waals surface area contributed by atoms with Gasteiger partial charge in [-0.1, -0.05) is 48.5 Å². The summed E-state index contributed by atoms with van der Waals surface area (Å²) >= 11 is 0. The molecule has 0 bridgehead atoms. The van der Waals surface area contributed by atoms with Crippen molar-refractivity contribution in [2.75, 3.05) is 26.2 Å². The number of para-hydroxylation sites is 1. The first-order chi connectivity index (χ1) is 16.3. The van der Waals surface area contributed by atoms with Crippen molar-refractivity contribution in [1.29, 1.82) is 0 Å². The van der Waals surface area contributed by atoms with Crippen molar-refractivity contribution in [2.24, 2.45) is 5.73 Å². The third-order valence-electron chi connectivity index (χ3n) is 6.96. The first-order valence-electron chi connectivity index (χ1n) is 11.6.